The molecule has 1 fully saturated rings. The highest BCUT2D eigenvalue weighted by atomic mass is 79.9. The number of carbonyl (C=O) groups excluding carboxylic acids is 1. The van der Waals surface area contributed by atoms with Gasteiger partial charge < -0.3 is 4.74 Å². The summed E-state index contributed by atoms with van der Waals surface area (Å²) in [7, 11) is 0. The Kier molecular flexibility index (Phi) is 7.42. The lowest BCUT2D eigenvalue weighted by Gasteiger charge is -2.27. The van der Waals surface area contributed by atoms with Gasteiger partial charge in [-0.05, 0) is 49.7 Å². The molecule has 0 saturated carbocycles. The number of ether oxygens (including phenoxy) is 1. The molecule has 27 heavy (non-hydrogen) atoms. The average molecular weight is 430 g/mol. The molecule has 5 nitrogen and oxygen atoms in total. The van der Waals surface area contributed by atoms with E-state index in [2.05, 4.69) is 37.4 Å². The first kappa shape index (κ1) is 19.6. The van der Waals surface area contributed by atoms with Crippen LogP contribution in [0.15, 0.2) is 58.1 Å². The van der Waals surface area contributed by atoms with Crippen molar-refractivity contribution >= 4 is 28.1 Å². The molecule has 142 valence electrons. The summed E-state index contributed by atoms with van der Waals surface area (Å²) in [4.78, 5) is 14.4. The summed E-state index contributed by atoms with van der Waals surface area (Å²) in [6.45, 7) is 2.99. The monoisotopic (exact) mass is 429 g/mol. The Balaban J connectivity index is 1.53. The molecule has 1 aliphatic heterocycles. The minimum absolute atomic E-state index is 0.0687. The van der Waals surface area contributed by atoms with E-state index in [9.17, 15) is 4.79 Å². The number of hydrogen-bond donors (Lipinski definition) is 1. The molecule has 0 aliphatic carbocycles. The first-order valence-corrected chi connectivity index (χ1v) is 10.0. The predicted molar refractivity (Wildman–Crippen MR) is 111 cm³/mol. The second-order valence-corrected chi connectivity index (χ2v) is 7.50. The van der Waals surface area contributed by atoms with E-state index in [1.165, 1.54) is 19.3 Å². The molecule has 0 spiro atoms. The lowest BCUT2D eigenvalue weighted by molar-refractivity contribution is -0.123. The SMILES string of the molecule is O=C(COc1ccc(Br)cc1CN1CCCCC1)N/N=C/c1ccccc1. The molecule has 0 bridgehead atoms. The normalized spacial score (nSPS) is 15.0. The first-order chi connectivity index (χ1) is 13.2. The van der Waals surface area contributed by atoms with Gasteiger partial charge in [-0.2, -0.15) is 5.10 Å². The molecule has 2 aromatic carbocycles. The molecule has 3 rings (SSSR count). The fourth-order valence-electron chi connectivity index (χ4n) is 3.06. The standard InChI is InChI=1S/C21H24BrN3O2/c22-19-9-10-20(18(13-19)15-25-11-5-2-6-12-25)27-16-21(26)24-23-14-17-7-3-1-4-8-17/h1,3-4,7-10,13-14H,2,5-6,11-12,15-16H2,(H,24,26)/b23-14+. The lowest BCUT2D eigenvalue weighted by Crippen LogP contribution is -2.29. The van der Waals surface area contributed by atoms with Crippen LogP contribution in [0, 0.1) is 0 Å². The summed E-state index contributed by atoms with van der Waals surface area (Å²) >= 11 is 3.53. The van der Waals surface area contributed by atoms with Crippen LogP contribution >= 0.6 is 15.9 Å². The number of carbonyl (C=O) groups is 1. The number of halogens is 1. The molecule has 1 heterocycles. The molecular formula is C21H24BrN3O2. The van der Waals surface area contributed by atoms with Gasteiger partial charge in [0.1, 0.15) is 5.75 Å². The second kappa shape index (κ2) is 10.2. The molecular weight excluding hydrogens is 406 g/mol. The molecule has 0 aromatic heterocycles. The van der Waals surface area contributed by atoms with Crippen LogP contribution in [0.4, 0.5) is 0 Å². The Bertz CT molecular complexity index is 774. The number of piperidine rings is 1. The van der Waals surface area contributed by atoms with E-state index in [1.807, 2.05) is 42.5 Å². The molecule has 1 aliphatic rings. The van der Waals surface area contributed by atoms with E-state index in [-0.39, 0.29) is 12.5 Å². The van der Waals surface area contributed by atoms with Gasteiger partial charge in [0.05, 0.1) is 6.21 Å². The van der Waals surface area contributed by atoms with Crippen LogP contribution in [0.5, 0.6) is 5.75 Å². The molecule has 1 N–H and O–H groups in total. The maximum absolute atomic E-state index is 12.0. The summed E-state index contributed by atoms with van der Waals surface area (Å²) in [5.74, 6) is 0.458. The maximum Gasteiger partial charge on any atom is 0.277 e. The highest BCUT2D eigenvalue weighted by Crippen LogP contribution is 2.25. The zero-order valence-electron chi connectivity index (χ0n) is 15.2. The largest absolute Gasteiger partial charge is 0.483 e. The van der Waals surface area contributed by atoms with Crippen molar-refractivity contribution in [3.63, 3.8) is 0 Å². The quantitative estimate of drug-likeness (QED) is 0.535. The zero-order valence-corrected chi connectivity index (χ0v) is 16.8. The van der Waals surface area contributed by atoms with Crippen molar-refractivity contribution in [3.05, 3.63) is 64.1 Å². The Morgan fingerprint density at radius 3 is 2.70 bits per heavy atom. The van der Waals surface area contributed by atoms with Crippen LogP contribution in [0.2, 0.25) is 0 Å². The van der Waals surface area contributed by atoms with Crippen LogP contribution in [0.1, 0.15) is 30.4 Å². The van der Waals surface area contributed by atoms with Crippen LogP contribution in [-0.2, 0) is 11.3 Å². The van der Waals surface area contributed by atoms with E-state index >= 15 is 0 Å². The maximum atomic E-state index is 12.0. The first-order valence-electron chi connectivity index (χ1n) is 9.21. The van der Waals surface area contributed by atoms with Gasteiger partial charge in [0.2, 0.25) is 0 Å². The van der Waals surface area contributed by atoms with Gasteiger partial charge in [-0.25, -0.2) is 5.43 Å². The lowest BCUT2D eigenvalue weighted by atomic mass is 10.1. The van der Waals surface area contributed by atoms with Gasteiger partial charge in [0.15, 0.2) is 6.61 Å². The summed E-state index contributed by atoms with van der Waals surface area (Å²) < 4.78 is 6.78. The van der Waals surface area contributed by atoms with Gasteiger partial charge >= 0.3 is 0 Å². The molecule has 0 radical (unpaired) electrons. The minimum atomic E-state index is -0.283. The van der Waals surface area contributed by atoms with Crippen LogP contribution in [-0.4, -0.2) is 36.7 Å². The third kappa shape index (κ3) is 6.48. The number of hydrazone groups is 1. The third-order valence-electron chi connectivity index (χ3n) is 4.43. The van der Waals surface area contributed by atoms with Gasteiger partial charge in [0, 0.05) is 16.6 Å². The van der Waals surface area contributed by atoms with Crippen molar-refractivity contribution in [1.82, 2.24) is 10.3 Å². The molecule has 2 aromatic rings. The van der Waals surface area contributed by atoms with Crippen molar-refractivity contribution in [3.8, 4) is 5.75 Å². The van der Waals surface area contributed by atoms with E-state index < -0.39 is 0 Å². The van der Waals surface area contributed by atoms with Crippen LogP contribution in [0.25, 0.3) is 0 Å². The van der Waals surface area contributed by atoms with Gasteiger partial charge in [0.25, 0.3) is 5.91 Å². The number of nitrogens with zero attached hydrogens (tertiary/aromatic N) is 2. The Hall–Kier alpha value is -2.18. The molecule has 0 atom stereocenters. The van der Waals surface area contributed by atoms with E-state index in [0.29, 0.717) is 0 Å². The van der Waals surface area contributed by atoms with Crippen molar-refractivity contribution in [2.75, 3.05) is 19.7 Å². The Labute approximate surface area is 168 Å². The summed E-state index contributed by atoms with van der Waals surface area (Å²) in [5, 5.41) is 3.96. The number of amides is 1. The van der Waals surface area contributed by atoms with Gasteiger partial charge in [-0.1, -0.05) is 52.7 Å². The summed E-state index contributed by atoms with van der Waals surface area (Å²) in [5.41, 5.74) is 4.52. The van der Waals surface area contributed by atoms with Crippen molar-refractivity contribution in [1.29, 1.82) is 0 Å². The molecule has 1 saturated heterocycles. The number of nitrogens with one attached hydrogen (secondary N) is 1. The van der Waals surface area contributed by atoms with Crippen molar-refractivity contribution < 1.29 is 9.53 Å². The fraction of sp³-hybridized carbons (Fsp3) is 0.333. The predicted octanol–water partition coefficient (Wildman–Crippen LogP) is 3.96. The Morgan fingerprint density at radius 1 is 1.15 bits per heavy atom. The van der Waals surface area contributed by atoms with Crippen LogP contribution in [0.3, 0.4) is 0 Å². The van der Waals surface area contributed by atoms with Crippen LogP contribution < -0.4 is 10.2 Å². The second-order valence-electron chi connectivity index (χ2n) is 6.58. The zero-order chi connectivity index (χ0) is 18.9. The van der Waals surface area contributed by atoms with Gasteiger partial charge in [-0.15, -0.1) is 0 Å². The summed E-state index contributed by atoms with van der Waals surface area (Å²) in [6.07, 6.45) is 5.40. The van der Waals surface area contributed by atoms with Gasteiger partial charge in [-0.3, -0.25) is 9.69 Å². The summed E-state index contributed by atoms with van der Waals surface area (Å²) in [6, 6.07) is 15.5. The third-order valence-corrected chi connectivity index (χ3v) is 4.92. The number of hydrogen-bond acceptors (Lipinski definition) is 4. The number of rotatable bonds is 7. The van der Waals surface area contributed by atoms with E-state index in [0.717, 1.165) is 41.0 Å². The number of benzene rings is 2. The topological polar surface area (TPSA) is 53.9 Å². The minimum Gasteiger partial charge on any atom is -0.483 e. The number of likely N-dealkylation sites (tertiary alicyclic amines) is 1. The van der Waals surface area contributed by atoms with E-state index in [4.69, 9.17) is 4.74 Å². The van der Waals surface area contributed by atoms with E-state index in [1.54, 1.807) is 6.21 Å². The fourth-order valence-corrected chi connectivity index (χ4v) is 3.47. The van der Waals surface area contributed by atoms with Crippen molar-refractivity contribution in [2.45, 2.75) is 25.8 Å². The molecule has 0 unspecified atom stereocenters. The molecule has 6 heteroatoms. The molecule has 1 amide bonds. The smallest absolute Gasteiger partial charge is 0.277 e. The van der Waals surface area contributed by atoms with Crippen molar-refractivity contribution in [2.24, 2.45) is 5.10 Å². The highest BCUT2D eigenvalue weighted by Gasteiger charge is 2.14. The Morgan fingerprint density at radius 2 is 1.93 bits per heavy atom. The highest BCUT2D eigenvalue weighted by molar-refractivity contribution is 9.10. The average Bonchev–Trinajstić information content (AvgIpc) is 2.69.